The van der Waals surface area contributed by atoms with E-state index in [0.717, 1.165) is 12.8 Å². The largest absolute Gasteiger partial charge is 0.355 e. The van der Waals surface area contributed by atoms with E-state index in [1.54, 1.807) is 35.3 Å². The lowest BCUT2D eigenvalue weighted by atomic mass is 10.2. The summed E-state index contributed by atoms with van der Waals surface area (Å²) in [5.74, 6) is -0.533. The maximum atomic E-state index is 11.7. The van der Waals surface area contributed by atoms with Crippen LogP contribution in [-0.4, -0.2) is 34.7 Å². The molecule has 0 aliphatic rings. The fourth-order valence-electron chi connectivity index (χ4n) is 1.80. The van der Waals surface area contributed by atoms with E-state index < -0.39 is 0 Å². The summed E-state index contributed by atoms with van der Waals surface area (Å²) in [5.41, 5.74) is 0.308. The van der Waals surface area contributed by atoms with E-state index in [1.165, 1.54) is 4.88 Å². The van der Waals surface area contributed by atoms with Gasteiger partial charge in [-0.25, -0.2) is 0 Å². The fourth-order valence-corrected chi connectivity index (χ4v) is 2.55. The van der Waals surface area contributed by atoms with Crippen LogP contribution < -0.4 is 10.6 Å². The van der Waals surface area contributed by atoms with Crippen LogP contribution in [0, 0.1) is 0 Å². The van der Waals surface area contributed by atoms with Crippen molar-refractivity contribution in [2.75, 3.05) is 13.1 Å². The summed E-state index contributed by atoms with van der Waals surface area (Å²) >= 11 is 1.72. The van der Waals surface area contributed by atoms with E-state index in [-0.39, 0.29) is 18.4 Å². The number of thiophene rings is 1. The molecule has 21 heavy (non-hydrogen) atoms. The van der Waals surface area contributed by atoms with Crippen LogP contribution in [0.15, 0.2) is 29.8 Å². The predicted octanol–water partition coefficient (Wildman–Crippen LogP) is 0.960. The molecule has 2 aromatic rings. The lowest BCUT2D eigenvalue weighted by Crippen LogP contribution is -2.37. The number of carbonyl (C=O) groups excluding carboxylic acids is 2. The normalized spacial score (nSPS) is 10.3. The van der Waals surface area contributed by atoms with Crippen molar-refractivity contribution < 1.29 is 9.59 Å². The van der Waals surface area contributed by atoms with Gasteiger partial charge in [0.2, 0.25) is 5.91 Å². The maximum Gasteiger partial charge on any atom is 0.272 e. The van der Waals surface area contributed by atoms with Gasteiger partial charge in [0.05, 0.1) is 6.54 Å². The van der Waals surface area contributed by atoms with Crippen molar-refractivity contribution in [3.05, 3.63) is 40.3 Å². The molecule has 0 unspecified atom stereocenters. The Hall–Kier alpha value is -2.15. The quantitative estimate of drug-likeness (QED) is 0.748. The number of aryl methyl sites for hydroxylation is 2. The molecule has 0 bridgehead atoms. The SMILES string of the molecule is Cn1ccc(C(=O)NCC(=O)NCCCc2cccs2)n1. The summed E-state index contributed by atoms with van der Waals surface area (Å²) in [7, 11) is 1.73. The first kappa shape index (κ1) is 15.2. The molecular formula is C14H18N4O2S. The zero-order valence-electron chi connectivity index (χ0n) is 11.8. The Labute approximate surface area is 127 Å². The van der Waals surface area contributed by atoms with Gasteiger partial charge in [0.1, 0.15) is 5.69 Å². The van der Waals surface area contributed by atoms with Crippen LogP contribution in [-0.2, 0) is 18.3 Å². The zero-order chi connectivity index (χ0) is 15.1. The standard InChI is InChI=1S/C14H18N4O2S/c1-18-8-6-12(17-18)14(20)16-10-13(19)15-7-2-4-11-5-3-9-21-11/h3,5-6,8-9H,2,4,7,10H2,1H3,(H,15,19)(H,16,20). The minimum atomic E-state index is -0.343. The van der Waals surface area contributed by atoms with Crippen LogP contribution in [0.2, 0.25) is 0 Å². The number of amides is 2. The van der Waals surface area contributed by atoms with Crippen LogP contribution >= 0.6 is 11.3 Å². The van der Waals surface area contributed by atoms with Crippen molar-refractivity contribution in [1.29, 1.82) is 0 Å². The molecule has 0 radical (unpaired) electrons. The summed E-state index contributed by atoms with van der Waals surface area (Å²) < 4.78 is 1.54. The second-order valence-electron chi connectivity index (χ2n) is 4.59. The molecule has 0 saturated heterocycles. The van der Waals surface area contributed by atoms with Crippen LogP contribution in [0.1, 0.15) is 21.8 Å². The van der Waals surface area contributed by atoms with E-state index in [0.29, 0.717) is 12.2 Å². The van der Waals surface area contributed by atoms with Crippen LogP contribution in [0.3, 0.4) is 0 Å². The zero-order valence-corrected chi connectivity index (χ0v) is 12.7. The molecule has 0 aromatic carbocycles. The number of aromatic nitrogens is 2. The van der Waals surface area contributed by atoms with Gasteiger partial charge in [-0.05, 0) is 30.4 Å². The van der Waals surface area contributed by atoms with Crippen molar-refractivity contribution in [2.45, 2.75) is 12.8 Å². The van der Waals surface area contributed by atoms with Crippen LogP contribution in [0.25, 0.3) is 0 Å². The molecule has 112 valence electrons. The monoisotopic (exact) mass is 306 g/mol. The Kier molecular flexibility index (Phi) is 5.51. The molecule has 0 spiro atoms. The first-order valence-electron chi connectivity index (χ1n) is 6.72. The van der Waals surface area contributed by atoms with Gasteiger partial charge in [-0.3, -0.25) is 14.3 Å². The van der Waals surface area contributed by atoms with E-state index in [9.17, 15) is 9.59 Å². The fraction of sp³-hybridized carbons (Fsp3) is 0.357. The molecule has 0 aliphatic heterocycles. The molecule has 7 heteroatoms. The Morgan fingerprint density at radius 2 is 2.19 bits per heavy atom. The number of nitrogens with one attached hydrogen (secondary N) is 2. The Morgan fingerprint density at radius 1 is 1.33 bits per heavy atom. The molecule has 2 heterocycles. The second kappa shape index (κ2) is 7.58. The second-order valence-corrected chi connectivity index (χ2v) is 5.62. The number of rotatable bonds is 7. The van der Waals surface area contributed by atoms with Gasteiger partial charge in [0.25, 0.3) is 5.91 Å². The Balaban J connectivity index is 1.60. The average molecular weight is 306 g/mol. The van der Waals surface area contributed by atoms with Crippen molar-refractivity contribution >= 4 is 23.2 Å². The molecule has 2 amide bonds. The summed E-state index contributed by atoms with van der Waals surface area (Å²) in [5, 5.41) is 11.3. The minimum Gasteiger partial charge on any atom is -0.355 e. The lowest BCUT2D eigenvalue weighted by Gasteiger charge is -2.05. The van der Waals surface area contributed by atoms with E-state index in [4.69, 9.17) is 0 Å². The minimum absolute atomic E-state index is 0.0333. The van der Waals surface area contributed by atoms with Gasteiger partial charge < -0.3 is 10.6 Å². The summed E-state index contributed by atoms with van der Waals surface area (Å²) in [4.78, 5) is 24.6. The third-order valence-corrected chi connectivity index (χ3v) is 3.79. The van der Waals surface area contributed by atoms with Gasteiger partial charge in [0.15, 0.2) is 0 Å². The Morgan fingerprint density at radius 3 is 2.86 bits per heavy atom. The van der Waals surface area contributed by atoms with Gasteiger partial charge in [-0.2, -0.15) is 5.10 Å². The van der Waals surface area contributed by atoms with Gasteiger partial charge in [-0.15, -0.1) is 11.3 Å². The summed E-state index contributed by atoms with van der Waals surface area (Å²) in [6.45, 7) is 0.574. The number of hydrogen-bond donors (Lipinski definition) is 2. The summed E-state index contributed by atoms with van der Waals surface area (Å²) in [6, 6.07) is 5.71. The highest BCUT2D eigenvalue weighted by molar-refractivity contribution is 7.09. The highest BCUT2D eigenvalue weighted by Crippen LogP contribution is 2.10. The molecule has 0 saturated carbocycles. The first-order valence-corrected chi connectivity index (χ1v) is 7.60. The predicted molar refractivity (Wildman–Crippen MR) is 81.2 cm³/mol. The topological polar surface area (TPSA) is 76.0 Å². The Bertz CT molecular complexity index is 592. The van der Waals surface area contributed by atoms with Crippen molar-refractivity contribution in [1.82, 2.24) is 20.4 Å². The highest BCUT2D eigenvalue weighted by atomic mass is 32.1. The van der Waals surface area contributed by atoms with Crippen molar-refractivity contribution in [3.63, 3.8) is 0 Å². The van der Waals surface area contributed by atoms with E-state index >= 15 is 0 Å². The molecule has 0 fully saturated rings. The molecular weight excluding hydrogens is 288 g/mol. The third kappa shape index (κ3) is 5.03. The number of carbonyl (C=O) groups is 2. The van der Waals surface area contributed by atoms with Gasteiger partial charge >= 0.3 is 0 Å². The van der Waals surface area contributed by atoms with E-state index in [2.05, 4.69) is 21.8 Å². The van der Waals surface area contributed by atoms with Gasteiger partial charge in [-0.1, -0.05) is 6.07 Å². The highest BCUT2D eigenvalue weighted by Gasteiger charge is 2.09. The molecule has 2 N–H and O–H groups in total. The van der Waals surface area contributed by atoms with Gasteiger partial charge in [0, 0.05) is 24.7 Å². The molecule has 0 aliphatic carbocycles. The smallest absolute Gasteiger partial charge is 0.272 e. The molecule has 6 nitrogen and oxygen atoms in total. The van der Waals surface area contributed by atoms with Crippen molar-refractivity contribution in [3.8, 4) is 0 Å². The number of nitrogens with zero attached hydrogens (tertiary/aromatic N) is 2. The van der Waals surface area contributed by atoms with E-state index in [1.807, 2.05) is 11.4 Å². The lowest BCUT2D eigenvalue weighted by molar-refractivity contribution is -0.120. The average Bonchev–Trinajstić information content (AvgIpc) is 3.12. The third-order valence-electron chi connectivity index (χ3n) is 2.86. The maximum absolute atomic E-state index is 11.7. The molecule has 2 rings (SSSR count). The van der Waals surface area contributed by atoms with Crippen LogP contribution in [0.5, 0.6) is 0 Å². The first-order chi connectivity index (χ1) is 10.1. The van der Waals surface area contributed by atoms with Crippen molar-refractivity contribution in [2.24, 2.45) is 7.05 Å². The van der Waals surface area contributed by atoms with Crippen LogP contribution in [0.4, 0.5) is 0 Å². The molecule has 2 aromatic heterocycles. The summed E-state index contributed by atoms with van der Waals surface area (Å²) in [6.07, 6.45) is 3.53. The number of hydrogen-bond acceptors (Lipinski definition) is 4. The molecule has 0 atom stereocenters.